The maximum absolute atomic E-state index is 12.3. The fourth-order valence-electron chi connectivity index (χ4n) is 0.968. The van der Waals surface area contributed by atoms with Crippen molar-refractivity contribution in [1.82, 2.24) is 0 Å². The van der Waals surface area contributed by atoms with Crippen LogP contribution in [0.3, 0.4) is 0 Å². The Labute approximate surface area is 90.2 Å². The molecule has 0 spiro atoms. The van der Waals surface area contributed by atoms with E-state index in [1.54, 1.807) is 0 Å². The molecule has 1 aliphatic rings. The molecule has 0 atom stereocenters. The molecule has 2 rings (SSSR count). The first-order valence-electron chi connectivity index (χ1n) is 8.07. The Morgan fingerprint density at radius 3 is 3.15 bits per heavy atom. The summed E-state index contributed by atoms with van der Waals surface area (Å²) in [5.74, 6) is -1.91. The Balaban J connectivity index is 3.04. The van der Waals surface area contributed by atoms with Gasteiger partial charge in [0, 0.05) is 20.2 Å². The third-order valence-corrected chi connectivity index (χ3v) is 1.58. The van der Waals surface area contributed by atoms with Gasteiger partial charge in [-0.15, -0.1) is 0 Å². The summed E-state index contributed by atoms with van der Waals surface area (Å²) in [6.07, 6.45) is -9.53. The van der Waals surface area contributed by atoms with Crippen LogP contribution < -0.4 is 4.74 Å². The number of methoxy groups -OCH3 is 1. The Hall–Kier alpha value is -1.31. The van der Waals surface area contributed by atoms with E-state index in [4.69, 9.17) is 17.1 Å². The van der Waals surface area contributed by atoms with E-state index < -0.39 is 59.9 Å². The van der Waals surface area contributed by atoms with Crippen LogP contribution in [0.15, 0.2) is 18.1 Å². The summed E-state index contributed by atoms with van der Waals surface area (Å²) >= 11 is 0. The number of ether oxygens (including phenoxy) is 1. The SMILES string of the molecule is [2H]c1c([2H])c2c(c([2H])c1OC)C([2H])([2H])C([2H])([2H])C([2H])([2H])C2=O. The average Bonchev–Trinajstić information content (AvgIpc) is 2.40. The van der Waals surface area contributed by atoms with Gasteiger partial charge in [-0.2, -0.15) is 0 Å². The van der Waals surface area contributed by atoms with Gasteiger partial charge in [0.15, 0.2) is 5.78 Å². The van der Waals surface area contributed by atoms with Crippen LogP contribution in [-0.4, -0.2) is 12.9 Å². The summed E-state index contributed by atoms with van der Waals surface area (Å²) < 4.78 is 74.7. The zero-order valence-electron chi connectivity index (χ0n) is 15.8. The fourth-order valence-corrected chi connectivity index (χ4v) is 0.968. The second-order valence-corrected chi connectivity index (χ2v) is 2.36. The number of Topliss-reactive ketones (excluding diaryl/α,β-unsaturated/α-hetero) is 1. The molecule has 2 nitrogen and oxygen atoms in total. The molecular formula is C11H12O2. The molecule has 0 fully saturated rings. The van der Waals surface area contributed by atoms with Crippen molar-refractivity contribution in [3.63, 3.8) is 0 Å². The largest absolute Gasteiger partial charge is 0.497 e. The van der Waals surface area contributed by atoms with Crippen molar-refractivity contribution in [1.29, 1.82) is 0 Å². The highest BCUT2D eigenvalue weighted by Crippen LogP contribution is 2.24. The average molecular weight is 185 g/mol. The molecule has 1 aliphatic carbocycles. The Kier molecular flexibility index (Phi) is 0.701. The van der Waals surface area contributed by atoms with E-state index >= 15 is 0 Å². The monoisotopic (exact) mass is 185 g/mol. The predicted molar refractivity (Wildman–Crippen MR) is 50.3 cm³/mol. The molecule has 0 saturated carbocycles. The number of carbonyl (C=O) groups excluding carboxylic acids is 1. The first-order valence-corrected chi connectivity index (χ1v) is 3.57. The summed E-state index contributed by atoms with van der Waals surface area (Å²) in [5.41, 5.74) is -1.53. The zero-order chi connectivity index (χ0) is 17.2. The van der Waals surface area contributed by atoms with Crippen molar-refractivity contribution in [3.8, 4) is 5.75 Å². The van der Waals surface area contributed by atoms with Crippen LogP contribution in [0.5, 0.6) is 5.75 Å². The van der Waals surface area contributed by atoms with Crippen molar-refractivity contribution in [3.05, 3.63) is 29.3 Å². The minimum absolute atomic E-state index is 0.460. The number of carbonyl (C=O) groups is 1. The summed E-state index contributed by atoms with van der Waals surface area (Å²) in [4.78, 5) is 12.3. The van der Waals surface area contributed by atoms with E-state index in [2.05, 4.69) is 0 Å². The summed E-state index contributed by atoms with van der Waals surface area (Å²) in [7, 11) is 1.10. The molecule has 68 valence electrons. The molecular weight excluding hydrogens is 164 g/mol. The minimum atomic E-state index is -3.25. The number of ketones is 1. The van der Waals surface area contributed by atoms with Crippen LogP contribution >= 0.6 is 0 Å². The zero-order valence-corrected chi connectivity index (χ0v) is 6.82. The van der Waals surface area contributed by atoms with Gasteiger partial charge in [0.1, 0.15) is 5.75 Å². The standard InChI is InChI=1S/C11H12O2/c1-13-9-5-6-10-8(7-9)3-2-4-11(10)12/h5-7H,2-4H2,1H3/i2D2,3D2,4D2,5D,6D,7D. The van der Waals surface area contributed by atoms with E-state index in [9.17, 15) is 4.79 Å². The highest BCUT2D eigenvalue weighted by Gasteiger charge is 2.16. The molecule has 2 heteroatoms. The van der Waals surface area contributed by atoms with Crippen molar-refractivity contribution in [2.45, 2.75) is 19.1 Å². The number of benzene rings is 1. The molecule has 0 aliphatic heterocycles. The second-order valence-electron chi connectivity index (χ2n) is 2.36. The molecule has 0 amide bonds. The van der Waals surface area contributed by atoms with Crippen LogP contribution in [-0.2, 0) is 6.37 Å². The summed E-state index contributed by atoms with van der Waals surface area (Å²) in [6, 6.07) is -2.15. The lowest BCUT2D eigenvalue weighted by molar-refractivity contribution is 0.0972. The molecule has 0 aromatic heterocycles. The maximum atomic E-state index is 12.3. The lowest BCUT2D eigenvalue weighted by Gasteiger charge is -2.14. The summed E-state index contributed by atoms with van der Waals surface area (Å²) in [6.45, 7) is 0. The lowest BCUT2D eigenvalue weighted by Crippen LogP contribution is -2.10. The molecule has 0 unspecified atom stereocenters. The van der Waals surface area contributed by atoms with Crippen LogP contribution in [0.1, 0.15) is 41.0 Å². The van der Waals surface area contributed by atoms with E-state index in [0.717, 1.165) is 7.11 Å². The van der Waals surface area contributed by atoms with Crippen molar-refractivity contribution in [2.75, 3.05) is 7.11 Å². The normalized spacial score (nSPS) is 37.0. The number of rotatable bonds is 1. The van der Waals surface area contributed by atoms with Crippen LogP contribution in [0, 0.1) is 0 Å². The Morgan fingerprint density at radius 1 is 1.54 bits per heavy atom. The van der Waals surface area contributed by atoms with Gasteiger partial charge in [0.25, 0.3) is 0 Å². The van der Waals surface area contributed by atoms with Gasteiger partial charge in [-0.05, 0) is 36.4 Å². The molecule has 0 saturated heterocycles. The minimum Gasteiger partial charge on any atom is -0.497 e. The van der Waals surface area contributed by atoms with E-state index in [1.807, 2.05) is 0 Å². The van der Waals surface area contributed by atoms with Crippen LogP contribution in [0.2, 0.25) is 0 Å². The molecule has 0 radical (unpaired) electrons. The third-order valence-electron chi connectivity index (χ3n) is 1.58. The second kappa shape index (κ2) is 3.21. The first-order chi connectivity index (χ1) is 9.84. The van der Waals surface area contributed by atoms with Gasteiger partial charge in [0.05, 0.1) is 11.2 Å². The highest BCUT2D eigenvalue weighted by molar-refractivity contribution is 5.98. The molecule has 1 aromatic carbocycles. The predicted octanol–water partition coefficient (Wildman–Crippen LogP) is 2.21. The molecule has 1 aromatic rings. The van der Waals surface area contributed by atoms with Gasteiger partial charge < -0.3 is 4.74 Å². The summed E-state index contributed by atoms with van der Waals surface area (Å²) in [5, 5.41) is 0. The molecule has 0 heterocycles. The van der Waals surface area contributed by atoms with Gasteiger partial charge in [-0.3, -0.25) is 4.79 Å². The van der Waals surface area contributed by atoms with E-state index in [0.29, 0.717) is 0 Å². The van der Waals surface area contributed by atoms with E-state index in [1.165, 1.54) is 0 Å². The van der Waals surface area contributed by atoms with Gasteiger partial charge in [-0.25, -0.2) is 0 Å². The van der Waals surface area contributed by atoms with Crippen molar-refractivity contribution < 1.29 is 21.9 Å². The van der Waals surface area contributed by atoms with Crippen molar-refractivity contribution >= 4 is 5.78 Å². The number of hydrogen-bond donors (Lipinski definition) is 0. The topological polar surface area (TPSA) is 26.3 Å². The molecule has 0 N–H and O–H groups in total. The molecule has 13 heavy (non-hydrogen) atoms. The highest BCUT2D eigenvalue weighted by atomic mass is 16.5. The first kappa shape index (κ1) is 2.84. The third kappa shape index (κ3) is 1.44. The van der Waals surface area contributed by atoms with Gasteiger partial charge in [0.2, 0.25) is 0 Å². The van der Waals surface area contributed by atoms with Gasteiger partial charge >= 0.3 is 0 Å². The van der Waals surface area contributed by atoms with Crippen LogP contribution in [0.25, 0.3) is 0 Å². The van der Waals surface area contributed by atoms with E-state index in [-0.39, 0.29) is 0 Å². The Bertz CT molecular complexity index is 681. The number of fused-ring (bicyclic) bond motifs is 1. The smallest absolute Gasteiger partial charge is 0.163 e. The lowest BCUT2D eigenvalue weighted by atomic mass is 9.91. The van der Waals surface area contributed by atoms with Crippen LogP contribution in [0.4, 0.5) is 0 Å². The van der Waals surface area contributed by atoms with Crippen molar-refractivity contribution in [2.24, 2.45) is 0 Å². The Morgan fingerprint density at radius 2 is 2.38 bits per heavy atom. The maximum Gasteiger partial charge on any atom is 0.163 e. The number of hydrogen-bond acceptors (Lipinski definition) is 2. The quantitative estimate of drug-likeness (QED) is 0.670. The fraction of sp³-hybridized carbons (Fsp3) is 0.364. The van der Waals surface area contributed by atoms with Gasteiger partial charge in [-0.1, -0.05) is 0 Å². The molecule has 0 bridgehead atoms.